The zero-order valence-corrected chi connectivity index (χ0v) is 20.4. The van der Waals surface area contributed by atoms with Crippen molar-refractivity contribution in [2.24, 2.45) is 11.8 Å². The summed E-state index contributed by atoms with van der Waals surface area (Å²) in [4.78, 5) is 26.9. The molecule has 1 fully saturated rings. The predicted molar refractivity (Wildman–Crippen MR) is 129 cm³/mol. The van der Waals surface area contributed by atoms with Crippen molar-refractivity contribution >= 4 is 56.6 Å². The number of nitrogens with zero attached hydrogens (tertiary/aromatic N) is 1. The van der Waals surface area contributed by atoms with Gasteiger partial charge in [0.05, 0.1) is 17.5 Å². The molecular formula is C26H18BrCl2NO2. The van der Waals surface area contributed by atoms with Gasteiger partial charge in [-0.25, -0.2) is 4.90 Å². The Morgan fingerprint density at radius 2 is 1.09 bits per heavy atom. The van der Waals surface area contributed by atoms with Crippen molar-refractivity contribution in [3.63, 3.8) is 0 Å². The van der Waals surface area contributed by atoms with Crippen LogP contribution in [0.4, 0.5) is 5.69 Å². The molecule has 2 atom stereocenters. The largest absolute Gasteiger partial charge is 0.274 e. The molecule has 0 N–H and O–H groups in total. The molecule has 0 saturated carbocycles. The van der Waals surface area contributed by atoms with Gasteiger partial charge in [0.25, 0.3) is 0 Å². The number of hydrogen-bond donors (Lipinski definition) is 0. The fraction of sp³-hybridized carbons (Fsp3) is 0.231. The highest BCUT2D eigenvalue weighted by Gasteiger charge is 2.73. The second kappa shape index (κ2) is 6.47. The zero-order valence-electron chi connectivity index (χ0n) is 17.3. The van der Waals surface area contributed by atoms with Gasteiger partial charge in [-0.2, -0.15) is 0 Å². The molecule has 3 aromatic carbocycles. The van der Waals surface area contributed by atoms with Crippen molar-refractivity contribution in [2.45, 2.75) is 23.6 Å². The Morgan fingerprint density at radius 3 is 1.44 bits per heavy atom. The minimum absolute atomic E-state index is 0.301. The van der Waals surface area contributed by atoms with Gasteiger partial charge >= 0.3 is 0 Å². The monoisotopic (exact) mass is 525 g/mol. The summed E-state index contributed by atoms with van der Waals surface area (Å²) >= 11 is 18.5. The molecule has 0 aromatic heterocycles. The lowest BCUT2D eigenvalue weighted by Crippen LogP contribution is -2.57. The highest BCUT2D eigenvalue weighted by molar-refractivity contribution is 9.10. The van der Waals surface area contributed by atoms with E-state index < -0.39 is 21.6 Å². The smallest absolute Gasteiger partial charge is 0.240 e. The number of carbonyl (C=O) groups excluding carboxylic acids is 2. The van der Waals surface area contributed by atoms with Gasteiger partial charge in [0.1, 0.15) is 9.75 Å². The molecule has 0 radical (unpaired) electrons. The highest BCUT2D eigenvalue weighted by atomic mass is 79.9. The molecule has 32 heavy (non-hydrogen) atoms. The van der Waals surface area contributed by atoms with Crippen LogP contribution in [0.25, 0.3) is 0 Å². The highest BCUT2D eigenvalue weighted by Crippen LogP contribution is 2.69. The normalized spacial score (nSPS) is 29.7. The maximum absolute atomic E-state index is 14.0. The van der Waals surface area contributed by atoms with Crippen molar-refractivity contribution < 1.29 is 9.59 Å². The Bertz CT molecular complexity index is 1220. The summed E-state index contributed by atoms with van der Waals surface area (Å²) in [5.41, 5.74) is 5.69. The minimum atomic E-state index is -1.16. The van der Waals surface area contributed by atoms with Crippen LogP contribution in [0.3, 0.4) is 0 Å². The van der Waals surface area contributed by atoms with E-state index in [1.807, 2.05) is 74.5 Å². The number of carbonyl (C=O) groups is 2. The molecule has 0 spiro atoms. The summed E-state index contributed by atoms with van der Waals surface area (Å²) in [5, 5.41) is 0. The molecule has 2 amide bonds. The fourth-order valence-corrected chi connectivity index (χ4v) is 7.30. The third-order valence-corrected chi connectivity index (χ3v) is 9.80. The summed E-state index contributed by atoms with van der Waals surface area (Å²) in [6.45, 7) is 3.89. The molecule has 3 nitrogen and oxygen atoms in total. The van der Waals surface area contributed by atoms with Gasteiger partial charge < -0.3 is 0 Å². The molecule has 160 valence electrons. The fourth-order valence-electron chi connectivity index (χ4n) is 5.97. The molecule has 1 aliphatic heterocycles. The van der Waals surface area contributed by atoms with E-state index in [4.69, 9.17) is 23.2 Å². The van der Waals surface area contributed by atoms with Crippen LogP contribution in [0.2, 0.25) is 0 Å². The summed E-state index contributed by atoms with van der Waals surface area (Å²) in [7, 11) is 0. The van der Waals surface area contributed by atoms with Crippen molar-refractivity contribution in [2.75, 3.05) is 4.90 Å². The number of aryl methyl sites for hydroxylation is 2. The standard InChI is InChI=1S/C26H18BrCl2NO2/c1-13-11-15(12-14(2)22(13)27)30-23(31)20-21(24(30)32)26(29)17-8-4-3-7-16(17)25(20,28)18-9-5-6-10-19(18)26/h3-12,20-21H,1-2H3/t20-,21+,25?,26?. The quantitative estimate of drug-likeness (QED) is 0.281. The van der Waals surface area contributed by atoms with Gasteiger partial charge in [-0.15, -0.1) is 23.2 Å². The lowest BCUT2D eigenvalue weighted by atomic mass is 9.54. The molecule has 1 saturated heterocycles. The van der Waals surface area contributed by atoms with Crippen LogP contribution in [0.1, 0.15) is 33.4 Å². The van der Waals surface area contributed by atoms with Crippen LogP contribution in [0, 0.1) is 25.7 Å². The molecule has 3 aliphatic carbocycles. The molecule has 3 aromatic rings. The Labute approximate surface area is 204 Å². The first-order chi connectivity index (χ1) is 15.2. The molecule has 7 rings (SSSR count). The number of benzene rings is 3. The van der Waals surface area contributed by atoms with Gasteiger partial charge in [0, 0.05) is 4.47 Å². The van der Waals surface area contributed by atoms with Crippen molar-refractivity contribution in [1.29, 1.82) is 0 Å². The number of hydrogen-bond acceptors (Lipinski definition) is 2. The Kier molecular flexibility index (Phi) is 4.14. The van der Waals surface area contributed by atoms with E-state index in [0.29, 0.717) is 5.69 Å². The number of rotatable bonds is 1. The third-order valence-electron chi connectivity index (χ3n) is 7.26. The van der Waals surface area contributed by atoms with Crippen molar-refractivity contribution in [1.82, 2.24) is 0 Å². The predicted octanol–water partition coefficient (Wildman–Crippen LogP) is 6.16. The van der Waals surface area contributed by atoms with Crippen molar-refractivity contribution in [3.05, 3.63) is 98.5 Å². The van der Waals surface area contributed by atoms with Crippen molar-refractivity contribution in [3.8, 4) is 0 Å². The number of alkyl halides is 2. The first-order valence-electron chi connectivity index (χ1n) is 10.4. The first kappa shape index (κ1) is 20.5. The van der Waals surface area contributed by atoms with E-state index in [1.165, 1.54) is 4.90 Å². The van der Waals surface area contributed by atoms with Crippen LogP contribution in [0.15, 0.2) is 65.1 Å². The lowest BCUT2D eigenvalue weighted by molar-refractivity contribution is -0.122. The first-order valence-corrected chi connectivity index (χ1v) is 12.0. The van der Waals surface area contributed by atoms with Gasteiger partial charge in [-0.3, -0.25) is 9.59 Å². The summed E-state index contributed by atoms with van der Waals surface area (Å²) in [6, 6.07) is 19.1. The van der Waals surface area contributed by atoms with Gasteiger partial charge in [-0.05, 0) is 59.4 Å². The van der Waals surface area contributed by atoms with E-state index in [1.54, 1.807) is 0 Å². The second-order valence-corrected chi connectivity index (χ2v) is 10.9. The summed E-state index contributed by atoms with van der Waals surface area (Å²) in [6.07, 6.45) is 0. The summed E-state index contributed by atoms with van der Waals surface area (Å²) < 4.78 is 0.959. The zero-order chi connectivity index (χ0) is 22.6. The number of halogens is 3. The molecule has 0 unspecified atom stereocenters. The number of imide groups is 1. The molecule has 2 bridgehead atoms. The van der Waals surface area contributed by atoms with Crippen LogP contribution >= 0.6 is 39.1 Å². The number of amides is 2. The Hall–Kier alpha value is -2.14. The molecular weight excluding hydrogens is 509 g/mol. The van der Waals surface area contributed by atoms with Crippen LogP contribution < -0.4 is 4.90 Å². The minimum Gasteiger partial charge on any atom is -0.274 e. The summed E-state index contributed by atoms with van der Waals surface area (Å²) in [5.74, 6) is -2.18. The second-order valence-electron chi connectivity index (χ2n) is 8.88. The van der Waals surface area contributed by atoms with E-state index in [-0.39, 0.29) is 11.8 Å². The van der Waals surface area contributed by atoms with E-state index in [0.717, 1.165) is 37.9 Å². The van der Waals surface area contributed by atoms with Crippen LogP contribution in [-0.2, 0) is 19.3 Å². The van der Waals surface area contributed by atoms with Crippen LogP contribution in [0.5, 0.6) is 0 Å². The third kappa shape index (κ3) is 2.19. The van der Waals surface area contributed by atoms with Gasteiger partial charge in [0.2, 0.25) is 11.8 Å². The van der Waals surface area contributed by atoms with Gasteiger partial charge in [0.15, 0.2) is 0 Å². The molecule has 6 heteroatoms. The topological polar surface area (TPSA) is 37.4 Å². The maximum atomic E-state index is 14.0. The van der Waals surface area contributed by atoms with Crippen LogP contribution in [-0.4, -0.2) is 11.8 Å². The maximum Gasteiger partial charge on any atom is 0.240 e. The average molecular weight is 527 g/mol. The van der Waals surface area contributed by atoms with E-state index in [2.05, 4.69) is 15.9 Å². The van der Waals surface area contributed by atoms with E-state index >= 15 is 0 Å². The Morgan fingerprint density at radius 1 is 0.750 bits per heavy atom. The SMILES string of the molecule is Cc1cc(N2C(=O)[C@@H]3[C@H](C2=O)C2(Cl)c4ccccc4C3(Cl)c3ccccc32)cc(C)c1Br. The molecule has 1 heterocycles. The Balaban J connectivity index is 1.64. The van der Waals surface area contributed by atoms with E-state index in [9.17, 15) is 9.59 Å². The number of anilines is 1. The van der Waals surface area contributed by atoms with Gasteiger partial charge in [-0.1, -0.05) is 64.5 Å². The molecule has 4 aliphatic rings. The lowest BCUT2D eigenvalue weighted by Gasteiger charge is -2.54. The average Bonchev–Trinajstić information content (AvgIpc) is 3.06.